The van der Waals surface area contributed by atoms with Crippen LogP contribution in [0.1, 0.15) is 42.6 Å². The van der Waals surface area contributed by atoms with Crippen LogP contribution in [0.2, 0.25) is 0 Å². The van der Waals surface area contributed by atoms with Gasteiger partial charge in [-0.15, -0.1) is 0 Å². The monoisotopic (exact) mass is 822 g/mol. The van der Waals surface area contributed by atoms with Crippen LogP contribution in [0.3, 0.4) is 0 Å². The molecule has 7 amide bonds. The maximum atomic E-state index is 13.3. The molecule has 0 radical (unpaired) electrons. The van der Waals surface area contributed by atoms with Crippen molar-refractivity contribution in [1.29, 1.82) is 0 Å². The van der Waals surface area contributed by atoms with Gasteiger partial charge in [-0.2, -0.15) is 0 Å². The minimum absolute atomic E-state index is 0.000231. The maximum Gasteiger partial charge on any atom is 0.320 e. The molecular weight excluding hydrogens is 773 g/mol. The standard InChI is InChI=1S/C40H50N14O6/c1-24(17-29-25(2)37(58)54(38(29)59)30-6-7-32(55)47-36(30)57)51-10-8-26(22-51)21-49-12-14-50(15-13-49)39-43-18-27(19-44-39)45-35-33(34(41)56)42-20-31(46-35)52-9-4-5-28(23-52)53-16-11-48(3)40(53)60/h17-20,26,28,30H,1-2,4-16,21-23H2,3H3,(H2,41,56)(H,45,46)(H,47,55,57)/b29-17+/t26-,28-,30-/m1/s1. The van der Waals surface area contributed by atoms with E-state index in [0.717, 1.165) is 76.5 Å². The number of amides is 7. The lowest BCUT2D eigenvalue weighted by atomic mass is 10.0. The number of piperidine rings is 2. The Morgan fingerprint density at radius 3 is 2.38 bits per heavy atom. The third kappa shape index (κ3) is 8.10. The van der Waals surface area contributed by atoms with Crippen LogP contribution >= 0.6 is 0 Å². The number of nitrogens with one attached hydrogen (secondary N) is 2. The van der Waals surface area contributed by atoms with Crippen molar-refractivity contribution in [3.05, 3.63) is 60.4 Å². The summed E-state index contributed by atoms with van der Waals surface area (Å²) in [5.41, 5.74) is 6.93. The molecule has 6 aliphatic rings. The number of hydrogen-bond donors (Lipinski definition) is 3. The molecule has 2 aromatic rings. The number of carbonyl (C=O) groups excluding carboxylic acids is 6. The van der Waals surface area contributed by atoms with E-state index in [1.165, 1.54) is 0 Å². The first-order valence-electron chi connectivity index (χ1n) is 20.4. The third-order valence-corrected chi connectivity index (χ3v) is 12.3. The van der Waals surface area contributed by atoms with Gasteiger partial charge in [0.25, 0.3) is 17.7 Å². The molecule has 0 spiro atoms. The van der Waals surface area contributed by atoms with Crippen molar-refractivity contribution in [2.75, 3.05) is 94.2 Å². The highest BCUT2D eigenvalue weighted by Crippen LogP contribution is 2.31. The average Bonchev–Trinajstić information content (AvgIpc) is 3.91. The van der Waals surface area contributed by atoms with Crippen molar-refractivity contribution in [2.45, 2.75) is 44.2 Å². The Hall–Kier alpha value is -6.44. The van der Waals surface area contributed by atoms with E-state index >= 15 is 0 Å². The van der Waals surface area contributed by atoms with E-state index < -0.39 is 35.6 Å². The molecule has 0 aromatic carbocycles. The second-order valence-corrected chi connectivity index (χ2v) is 16.2. The SMILES string of the molecule is C=C1C(=O)N([C@@H]2CCC(=O)NC2=O)C(=O)/C1=C/C(=C)N1CC[C@H](CN2CCN(c3ncc(Nc4nc(N5CCC[C@@H](N6CCN(C)C6=O)C5)cnc4C(N)=O)cn3)CC2)C1. The van der Waals surface area contributed by atoms with Gasteiger partial charge in [0.2, 0.25) is 17.8 Å². The summed E-state index contributed by atoms with van der Waals surface area (Å²) in [6.07, 6.45) is 9.29. The molecule has 6 aliphatic heterocycles. The summed E-state index contributed by atoms with van der Waals surface area (Å²) >= 11 is 0. The molecule has 0 saturated carbocycles. The molecule has 316 valence electrons. The van der Waals surface area contributed by atoms with Crippen LogP contribution in [0.5, 0.6) is 0 Å². The Bertz CT molecular complexity index is 2150. The maximum absolute atomic E-state index is 13.3. The lowest BCUT2D eigenvalue weighted by Gasteiger charge is -2.37. The van der Waals surface area contributed by atoms with Gasteiger partial charge in [0.1, 0.15) is 11.9 Å². The predicted octanol–water partition coefficient (Wildman–Crippen LogP) is 0.0595. The second-order valence-electron chi connectivity index (χ2n) is 16.2. The Balaban J connectivity index is 0.822. The summed E-state index contributed by atoms with van der Waals surface area (Å²) in [6, 6.07) is -0.943. The fraction of sp³-hybridized carbons (Fsp3) is 0.500. The topological polar surface area (TPSA) is 227 Å². The molecule has 0 bridgehead atoms. The van der Waals surface area contributed by atoms with Crippen molar-refractivity contribution in [2.24, 2.45) is 11.7 Å². The van der Waals surface area contributed by atoms with Crippen molar-refractivity contribution in [1.82, 2.24) is 49.8 Å². The molecule has 0 aliphatic carbocycles. The summed E-state index contributed by atoms with van der Waals surface area (Å²) in [4.78, 5) is 107. The minimum Gasteiger partial charge on any atom is -0.372 e. The van der Waals surface area contributed by atoms with E-state index in [2.05, 4.69) is 58.3 Å². The van der Waals surface area contributed by atoms with Crippen LogP contribution in [-0.4, -0.2) is 171 Å². The highest BCUT2D eigenvalue weighted by Gasteiger charge is 2.46. The van der Waals surface area contributed by atoms with Gasteiger partial charge in [0.05, 0.1) is 35.9 Å². The lowest BCUT2D eigenvalue weighted by Crippen LogP contribution is -2.54. The number of likely N-dealkylation sites (N-methyl/N-ethyl adjacent to an activating group) is 1. The fourth-order valence-corrected chi connectivity index (χ4v) is 8.88. The number of hydrogen-bond acceptors (Lipinski definition) is 15. The second kappa shape index (κ2) is 16.7. The third-order valence-electron chi connectivity index (χ3n) is 12.3. The van der Waals surface area contributed by atoms with Crippen LogP contribution in [-0.2, 0) is 19.2 Å². The lowest BCUT2D eigenvalue weighted by molar-refractivity contribution is -0.149. The van der Waals surface area contributed by atoms with Crippen LogP contribution in [0.15, 0.2) is 54.7 Å². The zero-order chi connectivity index (χ0) is 42.2. The zero-order valence-corrected chi connectivity index (χ0v) is 33.7. The molecule has 8 heterocycles. The fourth-order valence-electron chi connectivity index (χ4n) is 8.88. The number of aromatic nitrogens is 4. The van der Waals surface area contributed by atoms with Gasteiger partial charge in [0, 0.05) is 96.7 Å². The summed E-state index contributed by atoms with van der Waals surface area (Å²) in [7, 11) is 1.81. The molecule has 4 N–H and O–H groups in total. The molecule has 60 heavy (non-hydrogen) atoms. The predicted molar refractivity (Wildman–Crippen MR) is 219 cm³/mol. The number of rotatable bonds is 11. The van der Waals surface area contributed by atoms with Crippen molar-refractivity contribution < 1.29 is 28.8 Å². The highest BCUT2D eigenvalue weighted by atomic mass is 16.2. The van der Waals surface area contributed by atoms with Crippen LogP contribution in [0, 0.1) is 5.92 Å². The molecule has 3 atom stereocenters. The van der Waals surface area contributed by atoms with Crippen molar-refractivity contribution >= 4 is 58.8 Å². The van der Waals surface area contributed by atoms with Crippen LogP contribution < -0.4 is 26.2 Å². The Morgan fingerprint density at radius 2 is 1.68 bits per heavy atom. The highest BCUT2D eigenvalue weighted by molar-refractivity contribution is 6.26. The number of primary amides is 1. The summed E-state index contributed by atoms with van der Waals surface area (Å²) in [5.74, 6) is -1.29. The van der Waals surface area contributed by atoms with E-state index in [9.17, 15) is 28.8 Å². The average molecular weight is 823 g/mol. The van der Waals surface area contributed by atoms with Gasteiger partial charge in [-0.1, -0.05) is 13.2 Å². The van der Waals surface area contributed by atoms with Crippen LogP contribution in [0.25, 0.3) is 0 Å². The minimum atomic E-state index is -1.04. The summed E-state index contributed by atoms with van der Waals surface area (Å²) in [5, 5.41) is 5.35. The molecule has 8 rings (SSSR count). The van der Waals surface area contributed by atoms with E-state index in [-0.39, 0.29) is 47.6 Å². The molecule has 6 fully saturated rings. The number of nitrogens with two attached hydrogens (primary N) is 1. The van der Waals surface area contributed by atoms with Gasteiger partial charge in [-0.05, 0) is 37.7 Å². The van der Waals surface area contributed by atoms with Gasteiger partial charge < -0.3 is 35.6 Å². The Kier molecular flexibility index (Phi) is 11.2. The molecule has 20 nitrogen and oxygen atoms in total. The van der Waals surface area contributed by atoms with E-state index in [0.29, 0.717) is 48.7 Å². The Labute approximate surface area is 347 Å². The number of imide groups is 2. The number of allylic oxidation sites excluding steroid dienone is 1. The van der Waals surface area contributed by atoms with Gasteiger partial charge in [-0.25, -0.2) is 24.7 Å². The normalized spacial score (nSPS) is 24.9. The first kappa shape index (κ1) is 40.3. The van der Waals surface area contributed by atoms with Gasteiger partial charge in [0.15, 0.2) is 11.5 Å². The van der Waals surface area contributed by atoms with Crippen molar-refractivity contribution in [3.8, 4) is 0 Å². The zero-order valence-electron chi connectivity index (χ0n) is 33.7. The number of nitrogens with zero attached hydrogens (tertiary/aromatic N) is 11. The largest absolute Gasteiger partial charge is 0.372 e. The molecular formula is C40H50N14O6. The van der Waals surface area contributed by atoms with Gasteiger partial charge >= 0.3 is 6.03 Å². The first-order chi connectivity index (χ1) is 28.8. The number of piperazine rings is 1. The van der Waals surface area contributed by atoms with E-state index in [1.54, 1.807) is 29.6 Å². The molecule has 0 unspecified atom stereocenters. The number of urea groups is 1. The smallest absolute Gasteiger partial charge is 0.320 e. The van der Waals surface area contributed by atoms with Gasteiger partial charge in [-0.3, -0.25) is 39.1 Å². The number of likely N-dealkylation sites (tertiary alicyclic amines) is 2. The summed E-state index contributed by atoms with van der Waals surface area (Å²) < 4.78 is 0. The Morgan fingerprint density at radius 1 is 0.917 bits per heavy atom. The molecule has 6 saturated heterocycles. The van der Waals surface area contributed by atoms with Crippen LogP contribution in [0.4, 0.5) is 28.1 Å². The number of anilines is 4. The number of carbonyl (C=O) groups is 6. The molecule has 20 heteroatoms. The van der Waals surface area contributed by atoms with E-state index in [4.69, 9.17) is 10.7 Å². The first-order valence-corrected chi connectivity index (χ1v) is 20.4. The quantitative estimate of drug-likeness (QED) is 0.201. The summed E-state index contributed by atoms with van der Waals surface area (Å²) in [6.45, 7) is 16.3. The molecule has 2 aromatic heterocycles. The van der Waals surface area contributed by atoms with Crippen molar-refractivity contribution in [3.63, 3.8) is 0 Å². The van der Waals surface area contributed by atoms with E-state index in [1.807, 2.05) is 11.9 Å².